The Labute approximate surface area is 82.3 Å². The highest BCUT2D eigenvalue weighted by atomic mass is 16.2. The van der Waals surface area contributed by atoms with Crippen LogP contribution in [0.1, 0.15) is 35.9 Å². The van der Waals surface area contributed by atoms with Crippen LogP contribution < -0.4 is 11.2 Å². The molecule has 1 rings (SSSR count). The quantitative estimate of drug-likeness (QED) is 0.758. The van der Waals surface area contributed by atoms with Gasteiger partial charge in [-0.3, -0.25) is 9.59 Å². The Kier molecular flexibility index (Phi) is 2.74. The van der Waals surface area contributed by atoms with E-state index in [2.05, 4.69) is 0 Å². The Morgan fingerprint density at radius 1 is 1.50 bits per heavy atom. The molecule has 0 saturated carbocycles. The number of amides is 1. The van der Waals surface area contributed by atoms with Gasteiger partial charge in [-0.1, -0.05) is 0 Å². The van der Waals surface area contributed by atoms with Crippen molar-refractivity contribution in [1.29, 1.82) is 0 Å². The summed E-state index contributed by atoms with van der Waals surface area (Å²) in [6.45, 7) is 5.77. The van der Waals surface area contributed by atoms with Gasteiger partial charge in [0.05, 0.1) is 0 Å². The highest BCUT2D eigenvalue weighted by Gasteiger charge is 2.09. The van der Waals surface area contributed by atoms with E-state index in [0.717, 1.165) is 5.69 Å². The first kappa shape index (κ1) is 10.5. The van der Waals surface area contributed by atoms with Gasteiger partial charge in [0.25, 0.3) is 5.91 Å². The molecule has 0 radical (unpaired) electrons. The zero-order chi connectivity index (χ0) is 10.9. The molecule has 1 heterocycles. The molecule has 4 heteroatoms. The average Bonchev–Trinajstić information content (AvgIpc) is 2.02. The van der Waals surface area contributed by atoms with Crippen molar-refractivity contribution in [2.24, 2.45) is 5.73 Å². The van der Waals surface area contributed by atoms with Crippen molar-refractivity contribution in [2.75, 3.05) is 0 Å². The predicted octanol–water partition coefficient (Wildman–Crippen LogP) is 0.837. The van der Waals surface area contributed by atoms with Gasteiger partial charge in [-0.2, -0.15) is 0 Å². The van der Waals surface area contributed by atoms with Crippen LogP contribution in [-0.4, -0.2) is 10.5 Å². The molecule has 14 heavy (non-hydrogen) atoms. The minimum absolute atomic E-state index is 0.0456. The number of aryl methyl sites for hydroxylation is 1. The largest absolute Gasteiger partial charge is 0.365 e. The van der Waals surface area contributed by atoms with Gasteiger partial charge in [0.15, 0.2) is 5.43 Å². The molecule has 1 amide bonds. The van der Waals surface area contributed by atoms with E-state index in [0.29, 0.717) is 0 Å². The van der Waals surface area contributed by atoms with Crippen LogP contribution in [0.15, 0.2) is 17.1 Å². The minimum Gasteiger partial charge on any atom is -0.365 e. The monoisotopic (exact) mass is 194 g/mol. The maximum absolute atomic E-state index is 11.3. The number of carbonyl (C=O) groups excluding carboxylic acids is 1. The SMILES string of the molecule is Cc1cc(=O)c(C(N)=O)cn1C(C)C. The van der Waals surface area contributed by atoms with E-state index in [1.807, 2.05) is 25.3 Å². The number of carbonyl (C=O) groups is 1. The van der Waals surface area contributed by atoms with E-state index in [1.165, 1.54) is 12.3 Å². The second-order valence-electron chi connectivity index (χ2n) is 3.56. The standard InChI is InChI=1S/C10H14N2O2/c1-6(2)12-5-8(10(11)14)9(13)4-7(12)3/h4-6H,1-3H3,(H2,11,14). The van der Waals surface area contributed by atoms with Crippen LogP contribution in [0.25, 0.3) is 0 Å². The number of pyridine rings is 1. The van der Waals surface area contributed by atoms with E-state index in [-0.39, 0.29) is 17.0 Å². The lowest BCUT2D eigenvalue weighted by Gasteiger charge is -2.15. The summed E-state index contributed by atoms with van der Waals surface area (Å²) in [4.78, 5) is 22.3. The van der Waals surface area contributed by atoms with Gasteiger partial charge in [0.1, 0.15) is 5.56 Å². The van der Waals surface area contributed by atoms with Gasteiger partial charge >= 0.3 is 0 Å². The summed E-state index contributed by atoms with van der Waals surface area (Å²) < 4.78 is 1.85. The van der Waals surface area contributed by atoms with Gasteiger partial charge in [-0.25, -0.2) is 0 Å². The van der Waals surface area contributed by atoms with Crippen molar-refractivity contribution in [3.63, 3.8) is 0 Å². The number of hydrogen-bond acceptors (Lipinski definition) is 2. The van der Waals surface area contributed by atoms with Gasteiger partial charge in [-0.05, 0) is 20.8 Å². The van der Waals surface area contributed by atoms with E-state index < -0.39 is 5.91 Å². The maximum atomic E-state index is 11.3. The van der Waals surface area contributed by atoms with Crippen LogP contribution in [0.2, 0.25) is 0 Å². The van der Waals surface area contributed by atoms with Crippen LogP contribution in [0.5, 0.6) is 0 Å². The zero-order valence-electron chi connectivity index (χ0n) is 8.57. The second-order valence-corrected chi connectivity index (χ2v) is 3.56. The van der Waals surface area contributed by atoms with Crippen LogP contribution in [0, 0.1) is 6.92 Å². The summed E-state index contributed by atoms with van der Waals surface area (Å²) in [5, 5.41) is 0. The maximum Gasteiger partial charge on any atom is 0.254 e. The molecule has 0 aliphatic carbocycles. The fourth-order valence-corrected chi connectivity index (χ4v) is 1.39. The van der Waals surface area contributed by atoms with Crippen molar-refractivity contribution < 1.29 is 4.79 Å². The number of primary amides is 1. The van der Waals surface area contributed by atoms with Crippen LogP contribution >= 0.6 is 0 Å². The van der Waals surface area contributed by atoms with Crippen LogP contribution in [0.3, 0.4) is 0 Å². The van der Waals surface area contributed by atoms with E-state index >= 15 is 0 Å². The lowest BCUT2D eigenvalue weighted by molar-refractivity contribution is 0.0998. The van der Waals surface area contributed by atoms with Crippen molar-refractivity contribution in [2.45, 2.75) is 26.8 Å². The molecule has 4 nitrogen and oxygen atoms in total. The smallest absolute Gasteiger partial charge is 0.254 e. The molecule has 1 aromatic rings. The molecule has 0 fully saturated rings. The summed E-state index contributed by atoms with van der Waals surface area (Å²) >= 11 is 0. The fraction of sp³-hybridized carbons (Fsp3) is 0.400. The molecular weight excluding hydrogens is 180 g/mol. The first-order chi connectivity index (χ1) is 6.43. The van der Waals surface area contributed by atoms with Gasteiger partial charge in [0, 0.05) is 24.0 Å². The highest BCUT2D eigenvalue weighted by Crippen LogP contribution is 2.07. The first-order valence-electron chi connectivity index (χ1n) is 4.46. The molecule has 0 aromatic carbocycles. The highest BCUT2D eigenvalue weighted by molar-refractivity contribution is 5.92. The predicted molar refractivity (Wildman–Crippen MR) is 54.3 cm³/mol. The topological polar surface area (TPSA) is 65.1 Å². The van der Waals surface area contributed by atoms with E-state index in [1.54, 1.807) is 0 Å². The Balaban J connectivity index is 3.42. The lowest BCUT2D eigenvalue weighted by Crippen LogP contribution is -2.24. The molecular formula is C10H14N2O2. The molecule has 0 bridgehead atoms. The summed E-state index contributed by atoms with van der Waals surface area (Å²) in [6, 6.07) is 1.63. The molecule has 0 saturated heterocycles. The third-order valence-electron chi connectivity index (χ3n) is 2.10. The Hall–Kier alpha value is -1.58. The van der Waals surface area contributed by atoms with Gasteiger partial charge in [0.2, 0.25) is 0 Å². The molecule has 0 unspecified atom stereocenters. The first-order valence-corrected chi connectivity index (χ1v) is 4.46. The second kappa shape index (κ2) is 3.65. The third-order valence-corrected chi connectivity index (χ3v) is 2.10. The molecule has 76 valence electrons. The Morgan fingerprint density at radius 3 is 2.50 bits per heavy atom. The number of aromatic nitrogens is 1. The molecule has 2 N–H and O–H groups in total. The van der Waals surface area contributed by atoms with Crippen LogP contribution in [-0.2, 0) is 0 Å². The third kappa shape index (κ3) is 1.84. The normalized spacial score (nSPS) is 10.6. The van der Waals surface area contributed by atoms with Gasteiger partial charge < -0.3 is 10.3 Å². The number of hydrogen-bond donors (Lipinski definition) is 1. The van der Waals surface area contributed by atoms with Crippen molar-refractivity contribution >= 4 is 5.91 Å². The van der Waals surface area contributed by atoms with E-state index in [4.69, 9.17) is 5.73 Å². The molecule has 0 aliphatic rings. The van der Waals surface area contributed by atoms with E-state index in [9.17, 15) is 9.59 Å². The summed E-state index contributed by atoms with van der Waals surface area (Å²) in [6.07, 6.45) is 1.52. The van der Waals surface area contributed by atoms with Crippen molar-refractivity contribution in [1.82, 2.24) is 4.57 Å². The zero-order valence-corrected chi connectivity index (χ0v) is 8.57. The van der Waals surface area contributed by atoms with Crippen LogP contribution in [0.4, 0.5) is 0 Å². The molecule has 0 aliphatic heterocycles. The summed E-state index contributed by atoms with van der Waals surface area (Å²) in [5.41, 5.74) is 5.64. The van der Waals surface area contributed by atoms with Crippen molar-refractivity contribution in [3.05, 3.63) is 33.7 Å². The minimum atomic E-state index is -0.676. The Morgan fingerprint density at radius 2 is 2.07 bits per heavy atom. The number of nitrogens with two attached hydrogens (primary N) is 1. The Bertz CT molecular complexity index is 419. The molecule has 0 atom stereocenters. The molecule has 1 aromatic heterocycles. The fourth-order valence-electron chi connectivity index (χ4n) is 1.39. The van der Waals surface area contributed by atoms with Gasteiger partial charge in [-0.15, -0.1) is 0 Å². The number of rotatable bonds is 2. The lowest BCUT2D eigenvalue weighted by atomic mass is 10.2. The average molecular weight is 194 g/mol. The summed E-state index contributed by atoms with van der Waals surface area (Å²) in [7, 11) is 0. The number of nitrogens with zero attached hydrogens (tertiary/aromatic N) is 1. The van der Waals surface area contributed by atoms with Crippen molar-refractivity contribution in [3.8, 4) is 0 Å². The summed E-state index contributed by atoms with van der Waals surface area (Å²) in [5.74, 6) is -0.676. The molecule has 0 spiro atoms.